The molecule has 4 aliphatic rings. The van der Waals surface area contributed by atoms with Crippen LogP contribution in [0.25, 0.3) is 0 Å². The van der Waals surface area contributed by atoms with Crippen LogP contribution in [0.3, 0.4) is 0 Å². The summed E-state index contributed by atoms with van der Waals surface area (Å²) < 4.78 is 0. The lowest BCUT2D eigenvalue weighted by atomic mass is 9.48. The zero-order chi connectivity index (χ0) is 16.9. The Morgan fingerprint density at radius 3 is 2.29 bits per heavy atom. The highest BCUT2D eigenvalue weighted by Gasteiger charge is 2.51. The number of carbonyl (C=O) groups excluding carboxylic acids is 1. The van der Waals surface area contributed by atoms with Gasteiger partial charge in [0.1, 0.15) is 11.7 Å². The summed E-state index contributed by atoms with van der Waals surface area (Å²) in [5, 5.41) is 9.61. The van der Waals surface area contributed by atoms with Crippen molar-refractivity contribution < 1.29 is 4.79 Å². The summed E-state index contributed by atoms with van der Waals surface area (Å²) in [5.74, 6) is 2.44. The Hall–Kier alpha value is -1.76. The van der Waals surface area contributed by atoms with Gasteiger partial charge in [-0.15, -0.1) is 0 Å². The fraction of sp³-hybridized carbons (Fsp3) is 0.700. The minimum atomic E-state index is -0.738. The molecule has 0 radical (unpaired) electrons. The molecule has 0 saturated heterocycles. The van der Waals surface area contributed by atoms with Gasteiger partial charge in [-0.1, -0.05) is 0 Å². The Balaban J connectivity index is 1.55. The van der Waals surface area contributed by atoms with Crippen LogP contribution < -0.4 is 0 Å². The molecule has 5 rings (SSSR count). The van der Waals surface area contributed by atoms with E-state index in [1.54, 1.807) is 6.07 Å². The van der Waals surface area contributed by atoms with Crippen LogP contribution in [0, 0.1) is 48.3 Å². The maximum Gasteiger partial charge on any atom is 0.156 e. The highest BCUT2D eigenvalue weighted by molar-refractivity contribution is 5.88. The molecule has 0 unspecified atom stereocenters. The molecule has 24 heavy (non-hydrogen) atoms. The molecule has 4 bridgehead atoms. The van der Waals surface area contributed by atoms with Crippen LogP contribution >= 0.6 is 0 Å². The molecule has 0 amide bonds. The summed E-state index contributed by atoms with van der Waals surface area (Å²) in [6, 6.07) is 4.01. The van der Waals surface area contributed by atoms with Gasteiger partial charge in [-0.2, -0.15) is 5.26 Å². The standard InChI is InChI=1S/C20H25N3O/c1-12-3-18(23-13(2)22-12)17(11-21)19(24)10-20-7-14-4-15(8-20)6-16(5-14)9-20/h3,14-17H,4-10H2,1-2H3/t14?,15?,16?,17-,20?/m0/s1. The zero-order valence-corrected chi connectivity index (χ0v) is 14.6. The minimum Gasteiger partial charge on any atom is -0.298 e. The average Bonchev–Trinajstić information content (AvgIpc) is 2.44. The molecule has 4 nitrogen and oxygen atoms in total. The van der Waals surface area contributed by atoms with Gasteiger partial charge < -0.3 is 0 Å². The smallest absolute Gasteiger partial charge is 0.156 e. The molecule has 0 aromatic carbocycles. The number of hydrogen-bond acceptors (Lipinski definition) is 4. The fourth-order valence-electron chi connectivity index (χ4n) is 6.17. The maximum atomic E-state index is 13.0. The number of rotatable bonds is 4. The van der Waals surface area contributed by atoms with Crippen molar-refractivity contribution in [3.8, 4) is 6.07 Å². The van der Waals surface area contributed by atoms with E-state index < -0.39 is 5.92 Å². The molecular formula is C20H25N3O. The predicted molar refractivity (Wildman–Crippen MR) is 90.1 cm³/mol. The van der Waals surface area contributed by atoms with Gasteiger partial charge in [0.05, 0.1) is 11.8 Å². The molecular weight excluding hydrogens is 298 g/mol. The second kappa shape index (κ2) is 5.65. The van der Waals surface area contributed by atoms with Crippen LogP contribution in [0.15, 0.2) is 6.07 Å². The van der Waals surface area contributed by atoms with Crippen molar-refractivity contribution in [2.24, 2.45) is 23.2 Å². The predicted octanol–water partition coefficient (Wildman–Crippen LogP) is 3.88. The van der Waals surface area contributed by atoms with Gasteiger partial charge in [0.2, 0.25) is 0 Å². The highest BCUT2D eigenvalue weighted by Crippen LogP contribution is 2.61. The van der Waals surface area contributed by atoms with E-state index in [0.29, 0.717) is 17.9 Å². The molecule has 1 heterocycles. The summed E-state index contributed by atoms with van der Waals surface area (Å²) in [6.45, 7) is 3.70. The molecule has 1 aromatic rings. The topological polar surface area (TPSA) is 66.6 Å². The molecule has 0 spiro atoms. The van der Waals surface area contributed by atoms with E-state index in [2.05, 4.69) is 16.0 Å². The van der Waals surface area contributed by atoms with Crippen molar-refractivity contribution in [1.82, 2.24) is 9.97 Å². The Morgan fingerprint density at radius 2 is 1.79 bits per heavy atom. The van der Waals surface area contributed by atoms with Crippen molar-refractivity contribution in [2.75, 3.05) is 0 Å². The molecule has 4 aliphatic carbocycles. The van der Waals surface area contributed by atoms with E-state index in [4.69, 9.17) is 0 Å². The number of aryl methyl sites for hydroxylation is 2. The van der Waals surface area contributed by atoms with Crippen LogP contribution in [-0.2, 0) is 4.79 Å². The van der Waals surface area contributed by atoms with E-state index in [0.717, 1.165) is 23.4 Å². The SMILES string of the molecule is Cc1cc([C@H](C#N)C(=O)CC23CC4CC(CC(C4)C2)C3)nc(C)n1. The van der Waals surface area contributed by atoms with Crippen molar-refractivity contribution in [3.05, 3.63) is 23.3 Å². The monoisotopic (exact) mass is 323 g/mol. The number of carbonyl (C=O) groups is 1. The number of hydrogen-bond donors (Lipinski definition) is 0. The Bertz CT molecular complexity index is 663. The van der Waals surface area contributed by atoms with Gasteiger partial charge in [-0.25, -0.2) is 9.97 Å². The Morgan fingerprint density at radius 1 is 1.21 bits per heavy atom. The summed E-state index contributed by atoms with van der Waals surface area (Å²) in [7, 11) is 0. The van der Waals surface area contributed by atoms with Crippen molar-refractivity contribution in [3.63, 3.8) is 0 Å². The molecule has 0 N–H and O–H groups in total. The number of nitrogens with zero attached hydrogens (tertiary/aromatic N) is 3. The average molecular weight is 323 g/mol. The normalized spacial score (nSPS) is 34.8. The summed E-state index contributed by atoms with van der Waals surface area (Å²) in [4.78, 5) is 21.6. The van der Waals surface area contributed by atoms with Gasteiger partial charge in [0, 0.05) is 12.1 Å². The first kappa shape index (κ1) is 15.7. The highest BCUT2D eigenvalue weighted by atomic mass is 16.1. The third-order valence-electron chi connectivity index (χ3n) is 6.45. The van der Waals surface area contributed by atoms with E-state index in [9.17, 15) is 10.1 Å². The minimum absolute atomic E-state index is 0.0666. The quantitative estimate of drug-likeness (QED) is 0.843. The first-order valence-electron chi connectivity index (χ1n) is 9.21. The summed E-state index contributed by atoms with van der Waals surface area (Å²) >= 11 is 0. The lowest BCUT2D eigenvalue weighted by molar-refractivity contribution is -0.127. The largest absolute Gasteiger partial charge is 0.298 e. The van der Waals surface area contributed by atoms with E-state index in [1.165, 1.54) is 38.5 Å². The van der Waals surface area contributed by atoms with Gasteiger partial charge in [0.25, 0.3) is 0 Å². The number of Topliss-reactive ketones (excluding diaryl/α,β-unsaturated/α-hetero) is 1. The second-order valence-corrected chi connectivity index (χ2v) is 8.60. The fourth-order valence-corrected chi connectivity index (χ4v) is 6.17. The maximum absolute atomic E-state index is 13.0. The van der Waals surface area contributed by atoms with Gasteiger partial charge in [-0.05, 0) is 81.6 Å². The third-order valence-corrected chi connectivity index (χ3v) is 6.45. The van der Waals surface area contributed by atoms with Crippen molar-refractivity contribution >= 4 is 5.78 Å². The lowest BCUT2D eigenvalue weighted by Crippen LogP contribution is -2.47. The Labute approximate surface area is 143 Å². The van der Waals surface area contributed by atoms with E-state index in [-0.39, 0.29) is 11.2 Å². The first-order valence-corrected chi connectivity index (χ1v) is 9.21. The van der Waals surface area contributed by atoms with Gasteiger partial charge in [0.15, 0.2) is 5.78 Å². The molecule has 1 aromatic heterocycles. The zero-order valence-electron chi connectivity index (χ0n) is 14.6. The third kappa shape index (κ3) is 2.75. The van der Waals surface area contributed by atoms with E-state index >= 15 is 0 Å². The van der Waals surface area contributed by atoms with Crippen molar-refractivity contribution in [2.45, 2.75) is 64.7 Å². The number of aromatic nitrogens is 2. The summed E-state index contributed by atoms with van der Waals surface area (Å²) in [6.07, 6.45) is 8.29. The molecule has 4 saturated carbocycles. The molecule has 1 atom stereocenters. The van der Waals surface area contributed by atoms with Crippen LogP contribution in [0.1, 0.15) is 68.1 Å². The molecule has 4 heteroatoms. The number of nitriles is 1. The van der Waals surface area contributed by atoms with Crippen LogP contribution in [0.4, 0.5) is 0 Å². The van der Waals surface area contributed by atoms with Gasteiger partial charge >= 0.3 is 0 Å². The molecule has 0 aliphatic heterocycles. The summed E-state index contributed by atoms with van der Waals surface area (Å²) in [5.41, 5.74) is 1.58. The van der Waals surface area contributed by atoms with Crippen LogP contribution in [-0.4, -0.2) is 15.8 Å². The van der Waals surface area contributed by atoms with Gasteiger partial charge in [-0.3, -0.25) is 4.79 Å². The molecule has 4 fully saturated rings. The van der Waals surface area contributed by atoms with E-state index in [1.807, 2.05) is 13.8 Å². The van der Waals surface area contributed by atoms with Crippen LogP contribution in [0.2, 0.25) is 0 Å². The van der Waals surface area contributed by atoms with Crippen LogP contribution in [0.5, 0.6) is 0 Å². The van der Waals surface area contributed by atoms with Crippen molar-refractivity contribution in [1.29, 1.82) is 5.26 Å². The lowest BCUT2D eigenvalue weighted by Gasteiger charge is -2.56. The second-order valence-electron chi connectivity index (χ2n) is 8.60. The number of ketones is 1. The Kier molecular flexibility index (Phi) is 3.71. The first-order chi connectivity index (χ1) is 11.5. The molecule has 126 valence electrons.